The molecule has 0 saturated carbocycles. The number of hydrogen-bond donors (Lipinski definition) is 6. The summed E-state index contributed by atoms with van der Waals surface area (Å²) in [7, 11) is 0. The molecule has 1 unspecified atom stereocenters. The molecule has 4 aromatic heterocycles. The summed E-state index contributed by atoms with van der Waals surface area (Å²) in [5.41, 5.74) is 8.01. The van der Waals surface area contributed by atoms with Gasteiger partial charge in [-0.05, 0) is 62.3 Å². The average molecular weight is 1130 g/mol. The number of Topliss-reactive ketones (excluding diaryl/α,β-unsaturated/α-hetero) is 1. The number of fused-ring (bicyclic) bond motifs is 6. The number of para-hydroxylation sites is 1. The zero-order chi connectivity index (χ0) is 58.2. The Bertz CT molecular complexity index is 3480. The molecule has 0 spiro atoms. The summed E-state index contributed by atoms with van der Waals surface area (Å²) in [6.45, 7) is 3.65. The maximum atomic E-state index is 13.8. The third kappa shape index (κ3) is 15.1. The highest BCUT2D eigenvalue weighted by Crippen LogP contribution is 2.41. The summed E-state index contributed by atoms with van der Waals surface area (Å²) in [6, 6.07) is 18.0. The molecule has 6 heterocycles. The Hall–Kier alpha value is -8.81. The largest absolute Gasteiger partial charge is 0.481 e. The van der Waals surface area contributed by atoms with E-state index in [2.05, 4.69) is 35.9 Å². The monoisotopic (exact) mass is 1130 g/mol. The molecule has 432 valence electrons. The molecule has 2 aliphatic rings. The molecule has 3 amide bonds. The number of carboxylic acids is 1. The predicted octanol–water partition coefficient (Wildman–Crippen LogP) is 2.74. The van der Waals surface area contributed by atoms with Gasteiger partial charge in [-0.3, -0.25) is 43.3 Å². The number of amides is 3. The van der Waals surface area contributed by atoms with Gasteiger partial charge in [-0.1, -0.05) is 49.4 Å². The van der Waals surface area contributed by atoms with Gasteiger partial charge in [-0.25, -0.2) is 19.7 Å². The number of nitrogens with one attached hydrogen (secondary N) is 4. The van der Waals surface area contributed by atoms with Crippen molar-refractivity contribution in [3.8, 4) is 11.4 Å². The maximum Gasteiger partial charge on any atom is 0.355 e. The van der Waals surface area contributed by atoms with E-state index in [0.717, 1.165) is 22.0 Å². The van der Waals surface area contributed by atoms with Crippen LogP contribution in [0.4, 0.5) is 5.95 Å². The topological polar surface area (TPSA) is 354 Å². The van der Waals surface area contributed by atoms with Gasteiger partial charge in [0.2, 0.25) is 29.3 Å². The highest BCUT2D eigenvalue weighted by molar-refractivity contribution is 5.98. The van der Waals surface area contributed by atoms with E-state index in [1.165, 1.54) is 6.20 Å². The number of anilines is 1. The van der Waals surface area contributed by atoms with Crippen LogP contribution < -0.4 is 32.8 Å². The molecule has 2 aromatic carbocycles. The number of ether oxygens (including phenoxy) is 5. The first-order valence-electron chi connectivity index (χ1n) is 27.1. The highest BCUT2D eigenvalue weighted by Gasteiger charge is 2.50. The van der Waals surface area contributed by atoms with E-state index in [1.54, 1.807) is 41.8 Å². The summed E-state index contributed by atoms with van der Waals surface area (Å²) >= 11 is 0. The van der Waals surface area contributed by atoms with Crippen LogP contribution in [0, 0.1) is 5.92 Å². The second kappa shape index (κ2) is 28.1. The number of aryl methyl sites for hydroxylation is 2. The standard InChI is InChI=1S/C57H64N10O15/c1-2-57(41-29-43-49-38(27-36-7-3-4-8-42(36)64-49)32-67(43)53(74)40(41)33-81-55(57)77)82-48(72)31-61-47(71)18-17-46(70)60-20-6-22-79-24-26-80-25-23-78-21-5-19-59-45(69)16-14-37(54(75)76)28-44(68)35-12-9-34(10-13-35)11-15-39-30-62-50-51(63-39)65-56(58)66-52(50)73/h3-4,7-10,12-13,27,29-30,37H,2,5-6,11,14-26,28,31-33H2,1H3,(H,59,69)(H,60,70)(H,61,71)(H,75,76)(H3,58,63,65,66,73)/t37?,57-/m1/s1. The molecule has 0 aliphatic carbocycles. The third-order valence-corrected chi connectivity index (χ3v) is 13.9. The Kier molecular flexibility index (Phi) is 20.3. The Morgan fingerprint density at radius 3 is 2.18 bits per heavy atom. The van der Waals surface area contributed by atoms with Gasteiger partial charge in [0.15, 0.2) is 16.9 Å². The number of aromatic nitrogens is 6. The Balaban J connectivity index is 0.613. The van der Waals surface area contributed by atoms with Gasteiger partial charge in [0.25, 0.3) is 11.1 Å². The smallest absolute Gasteiger partial charge is 0.355 e. The van der Waals surface area contributed by atoms with E-state index < -0.39 is 47.4 Å². The van der Waals surface area contributed by atoms with E-state index in [0.29, 0.717) is 101 Å². The number of benzene rings is 2. The van der Waals surface area contributed by atoms with Crippen molar-refractivity contribution in [3.63, 3.8) is 0 Å². The van der Waals surface area contributed by atoms with Crippen LogP contribution in [-0.4, -0.2) is 135 Å². The molecule has 0 fully saturated rings. The van der Waals surface area contributed by atoms with Gasteiger partial charge in [0.1, 0.15) is 13.2 Å². The van der Waals surface area contributed by atoms with Crippen LogP contribution in [0.15, 0.2) is 76.4 Å². The van der Waals surface area contributed by atoms with E-state index in [4.69, 9.17) is 34.4 Å². The number of aromatic amines is 1. The molecule has 82 heavy (non-hydrogen) atoms. The molecule has 0 radical (unpaired) electrons. The van der Waals surface area contributed by atoms with Crippen molar-refractivity contribution in [2.24, 2.45) is 5.92 Å². The van der Waals surface area contributed by atoms with Gasteiger partial charge < -0.3 is 55.0 Å². The fraction of sp³-hybridized carbons (Fsp3) is 0.421. The average Bonchev–Trinajstić information content (AvgIpc) is 2.09. The van der Waals surface area contributed by atoms with Gasteiger partial charge in [0, 0.05) is 80.3 Å². The van der Waals surface area contributed by atoms with Gasteiger partial charge >= 0.3 is 17.9 Å². The van der Waals surface area contributed by atoms with Crippen LogP contribution in [0.25, 0.3) is 33.5 Å². The molecule has 7 N–H and O–H groups in total. The minimum Gasteiger partial charge on any atom is -0.481 e. The van der Waals surface area contributed by atoms with Crippen LogP contribution in [0.1, 0.15) is 96.6 Å². The van der Waals surface area contributed by atoms with Gasteiger partial charge in [-0.2, -0.15) is 4.98 Å². The minimum atomic E-state index is -1.93. The molecule has 25 heteroatoms. The van der Waals surface area contributed by atoms with Gasteiger partial charge in [-0.15, -0.1) is 0 Å². The quantitative estimate of drug-likeness (QED) is 0.0207. The molecule has 0 saturated heterocycles. The Labute approximate surface area is 469 Å². The Morgan fingerprint density at radius 1 is 0.817 bits per heavy atom. The van der Waals surface area contributed by atoms with Crippen LogP contribution >= 0.6 is 0 Å². The SMILES string of the molecule is CC[C@]1(OC(=O)CNC(=O)CCC(=O)NCCCOCCOCCOCCCNC(=O)CCC(CC(=O)c2ccc(CCc3cnc4c(=O)[nH]c(N)nc4n3)cc2)C(=O)O)C(=O)OCc2c1cc1n(c2=O)Cc2cc3ccccc3nc2-1. The number of carboxylic acid groups (broad SMARTS) is 1. The van der Waals surface area contributed by atoms with Crippen LogP contribution in [0.5, 0.6) is 0 Å². The number of aliphatic carboxylic acids is 1. The molecule has 6 aromatic rings. The number of rotatable bonds is 31. The van der Waals surface area contributed by atoms with E-state index in [9.17, 15) is 48.3 Å². The predicted molar refractivity (Wildman–Crippen MR) is 294 cm³/mol. The fourth-order valence-electron chi connectivity index (χ4n) is 9.50. The van der Waals surface area contributed by atoms with Crippen LogP contribution in [0.3, 0.4) is 0 Å². The van der Waals surface area contributed by atoms with Crippen molar-refractivity contribution in [2.75, 3.05) is 65.0 Å². The van der Waals surface area contributed by atoms with Crippen molar-refractivity contribution in [2.45, 2.75) is 89.9 Å². The van der Waals surface area contributed by atoms with E-state index in [-0.39, 0.29) is 103 Å². The maximum absolute atomic E-state index is 13.8. The lowest BCUT2D eigenvalue weighted by molar-refractivity contribution is -0.189. The second-order valence-electron chi connectivity index (χ2n) is 19.6. The highest BCUT2D eigenvalue weighted by atomic mass is 16.6. The third-order valence-electron chi connectivity index (χ3n) is 13.9. The summed E-state index contributed by atoms with van der Waals surface area (Å²) in [4.78, 5) is 134. The number of nitrogen functional groups attached to an aromatic ring is 1. The second-order valence-corrected chi connectivity index (χ2v) is 19.6. The number of nitrogens with zero attached hydrogens (tertiary/aromatic N) is 5. The molecule has 25 nitrogen and oxygen atoms in total. The number of cyclic esters (lactones) is 1. The number of hydrogen-bond acceptors (Lipinski definition) is 19. The summed E-state index contributed by atoms with van der Waals surface area (Å²) < 4.78 is 29.3. The number of pyridine rings is 2. The summed E-state index contributed by atoms with van der Waals surface area (Å²) in [5.74, 6) is -5.65. The number of H-pyrrole nitrogens is 1. The lowest BCUT2D eigenvalue weighted by Gasteiger charge is -2.35. The van der Waals surface area contributed by atoms with Crippen molar-refractivity contribution < 1.29 is 62.4 Å². The van der Waals surface area contributed by atoms with Crippen molar-refractivity contribution in [1.29, 1.82) is 0 Å². The zero-order valence-corrected chi connectivity index (χ0v) is 45.3. The fourth-order valence-corrected chi connectivity index (χ4v) is 9.50. The van der Waals surface area contributed by atoms with Crippen molar-refractivity contribution in [3.05, 3.63) is 121 Å². The Morgan fingerprint density at radius 2 is 1.49 bits per heavy atom. The molecular formula is C57H64N10O15. The molecule has 8 rings (SSSR count). The first-order chi connectivity index (χ1) is 39.6. The van der Waals surface area contributed by atoms with Crippen molar-refractivity contribution >= 4 is 69.4 Å². The zero-order valence-electron chi connectivity index (χ0n) is 45.3. The molecular weight excluding hydrogens is 1060 g/mol. The van der Waals surface area contributed by atoms with Crippen LogP contribution in [-0.2, 0) is 84.0 Å². The minimum absolute atomic E-state index is 0.00523. The van der Waals surface area contributed by atoms with E-state index >= 15 is 0 Å². The van der Waals surface area contributed by atoms with E-state index in [1.807, 2.05) is 30.3 Å². The first kappa shape index (κ1) is 59.3. The molecule has 0 bridgehead atoms. The lowest BCUT2D eigenvalue weighted by atomic mass is 9.85. The molecule has 2 aliphatic heterocycles. The lowest BCUT2D eigenvalue weighted by Crippen LogP contribution is -2.48. The summed E-state index contributed by atoms with van der Waals surface area (Å²) in [5, 5.41) is 18.6. The first-order valence-corrected chi connectivity index (χ1v) is 27.1. The van der Waals surface area contributed by atoms with Gasteiger partial charge in [0.05, 0.1) is 67.1 Å². The number of carbonyl (C=O) groups is 7. The van der Waals surface area contributed by atoms with Crippen molar-refractivity contribution in [1.82, 2.24) is 45.4 Å². The number of esters is 2. The number of carbonyl (C=O) groups excluding carboxylic acids is 6. The number of nitrogens with two attached hydrogens (primary N) is 1. The van der Waals surface area contributed by atoms with Crippen LogP contribution in [0.2, 0.25) is 0 Å². The number of ketones is 1. The molecule has 2 atom stereocenters. The summed E-state index contributed by atoms with van der Waals surface area (Å²) in [6.07, 6.45) is 2.86. The normalized spacial score (nSPS) is 14.5.